The Hall–Kier alpha value is -5.09. The second-order valence-electron chi connectivity index (χ2n) is 8.35. The van der Waals surface area contributed by atoms with Gasteiger partial charge in [0.2, 0.25) is 0 Å². The van der Waals surface area contributed by atoms with Gasteiger partial charge in [-0.25, -0.2) is 8.78 Å². The van der Waals surface area contributed by atoms with Crippen LogP contribution in [0.5, 0.6) is 0 Å². The Bertz CT molecular complexity index is 1880. The first-order valence-electron chi connectivity index (χ1n) is 11.1. The fourth-order valence-corrected chi connectivity index (χ4v) is 4.42. The quantitative estimate of drug-likeness (QED) is 0.326. The molecular weight excluding hydrogens is 458 g/mol. The van der Waals surface area contributed by atoms with Crippen LogP contribution >= 0.6 is 0 Å². The van der Waals surface area contributed by atoms with Crippen molar-refractivity contribution in [2.45, 2.75) is 0 Å². The summed E-state index contributed by atoms with van der Waals surface area (Å²) in [5, 5.41) is 14.0. The summed E-state index contributed by atoms with van der Waals surface area (Å²) in [6.07, 6.45) is 0. The van der Waals surface area contributed by atoms with E-state index in [1.165, 1.54) is 16.6 Å². The van der Waals surface area contributed by atoms with E-state index in [4.69, 9.17) is 5.26 Å². The summed E-state index contributed by atoms with van der Waals surface area (Å²) in [5.41, 5.74) is 4.32. The minimum absolute atomic E-state index is 0.128. The highest BCUT2D eigenvalue weighted by molar-refractivity contribution is 5.94. The van der Waals surface area contributed by atoms with Gasteiger partial charge >= 0.3 is 0 Å². The molecule has 0 atom stereocenters. The van der Waals surface area contributed by atoms with E-state index in [2.05, 4.69) is 16.2 Å². The number of nitrogens with one attached hydrogen (secondary N) is 1. The maximum Gasteiger partial charge on any atom is 0.282 e. The molecule has 0 saturated heterocycles. The van der Waals surface area contributed by atoms with E-state index >= 15 is 4.39 Å². The number of hydrogen-bond acceptors (Lipinski definition) is 3. The Morgan fingerprint density at radius 2 is 1.58 bits per heavy atom. The third-order valence-electron chi connectivity index (χ3n) is 6.18. The lowest BCUT2D eigenvalue weighted by molar-refractivity contribution is 0.585. The topological polar surface area (TPSA) is 73.9 Å². The van der Waals surface area contributed by atoms with Crippen molar-refractivity contribution in [1.29, 1.82) is 5.26 Å². The summed E-state index contributed by atoms with van der Waals surface area (Å²) in [5.74, 6) is -1.45. The van der Waals surface area contributed by atoms with Crippen molar-refractivity contribution in [1.82, 2.24) is 14.6 Å². The van der Waals surface area contributed by atoms with Gasteiger partial charge in [-0.05, 0) is 47.5 Å². The molecule has 0 aliphatic heterocycles. The van der Waals surface area contributed by atoms with E-state index < -0.39 is 11.6 Å². The molecule has 0 radical (unpaired) electrons. The number of nitrogens with zero attached hydrogens (tertiary/aromatic N) is 3. The fourth-order valence-electron chi connectivity index (χ4n) is 4.42. The van der Waals surface area contributed by atoms with Gasteiger partial charge in [0.05, 0.1) is 28.1 Å². The molecule has 4 aromatic carbocycles. The molecule has 6 aromatic rings. The van der Waals surface area contributed by atoms with E-state index in [1.807, 2.05) is 54.6 Å². The highest BCUT2D eigenvalue weighted by atomic mass is 19.1. The second-order valence-corrected chi connectivity index (χ2v) is 8.35. The SMILES string of the molecule is N#Cc1ccc(-c2ccc3c(=O)n4nc(-c5ccccc5)c(-c5ccc(F)cc5F)c4[nH]c3c2)cc1. The monoisotopic (exact) mass is 474 g/mol. The molecule has 0 amide bonds. The van der Waals surface area contributed by atoms with E-state index in [1.54, 1.807) is 18.2 Å². The molecule has 1 N–H and O–H groups in total. The van der Waals surface area contributed by atoms with Gasteiger partial charge in [-0.3, -0.25) is 4.79 Å². The van der Waals surface area contributed by atoms with Crippen LogP contribution in [0.4, 0.5) is 8.78 Å². The summed E-state index contributed by atoms with van der Waals surface area (Å²) < 4.78 is 29.9. The summed E-state index contributed by atoms with van der Waals surface area (Å²) >= 11 is 0. The van der Waals surface area contributed by atoms with Crippen LogP contribution in [-0.4, -0.2) is 14.6 Å². The molecule has 0 unspecified atom stereocenters. The van der Waals surface area contributed by atoms with Gasteiger partial charge in [-0.1, -0.05) is 48.5 Å². The van der Waals surface area contributed by atoms with Crippen LogP contribution in [0.3, 0.4) is 0 Å². The van der Waals surface area contributed by atoms with Gasteiger partial charge in [0.25, 0.3) is 5.56 Å². The lowest BCUT2D eigenvalue weighted by Crippen LogP contribution is -2.15. The first-order valence-corrected chi connectivity index (χ1v) is 11.1. The van der Waals surface area contributed by atoms with E-state index in [0.717, 1.165) is 17.2 Å². The Kier molecular flexibility index (Phi) is 4.94. The highest BCUT2D eigenvalue weighted by Crippen LogP contribution is 2.36. The predicted octanol–water partition coefficient (Wildman–Crippen LogP) is 6.33. The van der Waals surface area contributed by atoms with Gasteiger partial charge in [-0.15, -0.1) is 0 Å². The zero-order chi connectivity index (χ0) is 24.8. The number of nitriles is 1. The first kappa shape index (κ1) is 21.4. The Morgan fingerprint density at radius 3 is 2.31 bits per heavy atom. The van der Waals surface area contributed by atoms with Crippen LogP contribution in [0.2, 0.25) is 0 Å². The minimum Gasteiger partial charge on any atom is -0.339 e. The summed E-state index contributed by atoms with van der Waals surface area (Å²) in [7, 11) is 0. The Balaban J connectivity index is 1.66. The summed E-state index contributed by atoms with van der Waals surface area (Å²) in [4.78, 5) is 16.7. The zero-order valence-corrected chi connectivity index (χ0v) is 18.7. The number of halogens is 2. The van der Waals surface area contributed by atoms with Crippen molar-refractivity contribution in [2.24, 2.45) is 0 Å². The zero-order valence-electron chi connectivity index (χ0n) is 18.7. The standard InChI is InChI=1S/C29H16F2N4O/c30-21-11-13-22(24(31)15-21)26-27(19-4-2-1-3-5-19)34-35-28(26)33-25-14-20(10-12-23(25)29(35)36)18-8-6-17(16-32)7-9-18/h1-15,33H. The van der Waals surface area contributed by atoms with Crippen LogP contribution in [0.15, 0.2) is 95.8 Å². The molecule has 36 heavy (non-hydrogen) atoms. The number of aromatic nitrogens is 3. The first-order chi connectivity index (χ1) is 17.5. The average molecular weight is 474 g/mol. The number of hydrogen-bond donors (Lipinski definition) is 1. The Labute approximate surface area is 203 Å². The third kappa shape index (κ3) is 3.44. The molecule has 0 aliphatic rings. The maximum absolute atomic E-state index is 15.0. The summed E-state index contributed by atoms with van der Waals surface area (Å²) in [6.45, 7) is 0. The predicted molar refractivity (Wildman–Crippen MR) is 134 cm³/mol. The molecule has 0 fully saturated rings. The van der Waals surface area contributed by atoms with Crippen LogP contribution < -0.4 is 5.56 Å². The van der Waals surface area contributed by atoms with Gasteiger partial charge in [0.1, 0.15) is 23.0 Å². The van der Waals surface area contributed by atoms with Gasteiger partial charge in [-0.2, -0.15) is 14.9 Å². The number of aromatic amines is 1. The largest absolute Gasteiger partial charge is 0.339 e. The second kappa shape index (κ2) is 8.29. The van der Waals surface area contributed by atoms with Gasteiger partial charge in [0, 0.05) is 17.2 Å². The molecule has 0 spiro atoms. The smallest absolute Gasteiger partial charge is 0.282 e. The van der Waals surface area contributed by atoms with Crippen molar-refractivity contribution >= 4 is 16.6 Å². The van der Waals surface area contributed by atoms with Crippen LogP contribution in [0.25, 0.3) is 50.1 Å². The number of benzene rings is 4. The lowest BCUT2D eigenvalue weighted by Gasteiger charge is -2.08. The van der Waals surface area contributed by atoms with Crippen molar-refractivity contribution < 1.29 is 8.78 Å². The summed E-state index contributed by atoms with van der Waals surface area (Å²) in [6, 6.07) is 27.1. The van der Waals surface area contributed by atoms with Gasteiger partial charge < -0.3 is 4.98 Å². The van der Waals surface area contributed by atoms with Gasteiger partial charge in [0.15, 0.2) is 0 Å². The maximum atomic E-state index is 15.0. The average Bonchev–Trinajstić information content (AvgIpc) is 3.28. The van der Waals surface area contributed by atoms with Crippen molar-refractivity contribution in [3.8, 4) is 39.6 Å². The number of H-pyrrole nitrogens is 1. The van der Waals surface area contributed by atoms with Crippen molar-refractivity contribution in [2.75, 3.05) is 0 Å². The van der Waals surface area contributed by atoms with Crippen molar-refractivity contribution in [3.05, 3.63) is 119 Å². The molecule has 7 heteroatoms. The normalized spacial score (nSPS) is 11.1. The molecule has 6 rings (SSSR count). The van der Waals surface area contributed by atoms with E-state index in [0.29, 0.717) is 38.9 Å². The molecule has 172 valence electrons. The highest BCUT2D eigenvalue weighted by Gasteiger charge is 2.22. The minimum atomic E-state index is -0.755. The molecule has 0 saturated carbocycles. The Morgan fingerprint density at radius 1 is 0.833 bits per heavy atom. The fraction of sp³-hybridized carbons (Fsp3) is 0. The van der Waals surface area contributed by atoms with E-state index in [9.17, 15) is 9.18 Å². The molecular formula is C29H16F2N4O. The molecule has 2 heterocycles. The lowest BCUT2D eigenvalue weighted by atomic mass is 10.00. The third-order valence-corrected chi connectivity index (χ3v) is 6.18. The van der Waals surface area contributed by atoms with Crippen LogP contribution in [-0.2, 0) is 0 Å². The number of rotatable bonds is 3. The number of fused-ring (bicyclic) bond motifs is 2. The molecule has 2 aromatic heterocycles. The van der Waals surface area contributed by atoms with Crippen molar-refractivity contribution in [3.63, 3.8) is 0 Å². The van der Waals surface area contributed by atoms with Crippen LogP contribution in [0.1, 0.15) is 5.56 Å². The molecule has 0 aliphatic carbocycles. The molecule has 0 bridgehead atoms. The van der Waals surface area contributed by atoms with E-state index in [-0.39, 0.29) is 11.1 Å². The molecule has 5 nitrogen and oxygen atoms in total. The van der Waals surface area contributed by atoms with Crippen LogP contribution in [0, 0.1) is 23.0 Å².